The summed E-state index contributed by atoms with van der Waals surface area (Å²) in [5.41, 5.74) is 0. The minimum Gasteiger partial charge on any atom is -0.466 e. The molecule has 0 aromatic carbocycles. The van der Waals surface area contributed by atoms with Crippen molar-refractivity contribution in [3.63, 3.8) is 0 Å². The van der Waals surface area contributed by atoms with Crippen molar-refractivity contribution in [1.29, 1.82) is 0 Å². The Kier molecular flexibility index (Phi) is 4.83. The van der Waals surface area contributed by atoms with Crippen LogP contribution in [-0.4, -0.2) is 25.2 Å². The molecule has 0 aromatic heterocycles. The van der Waals surface area contributed by atoms with Crippen molar-refractivity contribution in [3.05, 3.63) is 0 Å². The van der Waals surface area contributed by atoms with Gasteiger partial charge in [0.05, 0.1) is 19.1 Å². The molecule has 4 heteroatoms. The smallest absolute Gasteiger partial charge is 0.309 e. The van der Waals surface area contributed by atoms with Crippen LogP contribution in [0.3, 0.4) is 0 Å². The van der Waals surface area contributed by atoms with Gasteiger partial charge < -0.3 is 9.47 Å². The van der Waals surface area contributed by atoms with Crippen molar-refractivity contribution in [2.45, 2.75) is 46.0 Å². The number of fused-ring (bicyclic) bond motifs is 1. The lowest BCUT2D eigenvalue weighted by Crippen LogP contribution is -2.18. The fourth-order valence-corrected chi connectivity index (χ4v) is 3.60. The first kappa shape index (κ1) is 14.4. The Morgan fingerprint density at radius 1 is 1.11 bits per heavy atom. The van der Waals surface area contributed by atoms with E-state index in [-0.39, 0.29) is 17.9 Å². The molecule has 2 heterocycles. The average molecular weight is 268 g/mol. The molecule has 1 saturated carbocycles. The highest BCUT2D eigenvalue weighted by Gasteiger charge is 2.50. The number of ether oxygens (including phenoxy) is 2. The van der Waals surface area contributed by atoms with E-state index >= 15 is 0 Å². The maximum absolute atomic E-state index is 11.5. The van der Waals surface area contributed by atoms with Crippen LogP contribution in [0.1, 0.15) is 46.0 Å². The van der Waals surface area contributed by atoms with Crippen LogP contribution in [0.4, 0.5) is 0 Å². The van der Waals surface area contributed by atoms with Crippen molar-refractivity contribution in [2.75, 3.05) is 13.2 Å². The Labute approximate surface area is 114 Å². The van der Waals surface area contributed by atoms with Gasteiger partial charge in [0.15, 0.2) is 0 Å². The monoisotopic (exact) mass is 268 g/mol. The first-order valence-electron chi connectivity index (χ1n) is 7.49. The molecule has 3 aliphatic rings. The predicted octanol–water partition coefficient (Wildman–Crippen LogP) is 2.56. The molecule has 1 aliphatic carbocycles. The topological polar surface area (TPSA) is 52.6 Å². The number of rotatable bonds is 2. The van der Waals surface area contributed by atoms with Crippen LogP contribution in [0.15, 0.2) is 0 Å². The summed E-state index contributed by atoms with van der Waals surface area (Å²) in [5.74, 6) is 2.16. The zero-order valence-electron chi connectivity index (χ0n) is 11.9. The van der Waals surface area contributed by atoms with Crippen molar-refractivity contribution in [2.24, 2.45) is 23.7 Å². The molecular weight excluding hydrogens is 244 g/mol. The van der Waals surface area contributed by atoms with Gasteiger partial charge in [-0.05, 0) is 24.7 Å². The first-order valence-corrected chi connectivity index (χ1v) is 7.49. The van der Waals surface area contributed by atoms with Crippen LogP contribution in [-0.2, 0) is 19.1 Å². The maximum atomic E-state index is 11.5. The normalized spacial score (nSPS) is 36.3. The largest absolute Gasteiger partial charge is 0.466 e. The first-order chi connectivity index (χ1) is 9.17. The van der Waals surface area contributed by atoms with Gasteiger partial charge in [-0.2, -0.15) is 0 Å². The van der Waals surface area contributed by atoms with Crippen LogP contribution in [0.25, 0.3) is 0 Å². The van der Waals surface area contributed by atoms with E-state index in [9.17, 15) is 9.59 Å². The number of hydrogen-bond acceptors (Lipinski definition) is 4. The van der Waals surface area contributed by atoms with Crippen LogP contribution < -0.4 is 0 Å². The summed E-state index contributed by atoms with van der Waals surface area (Å²) in [7, 11) is 0. The average Bonchev–Trinajstić information content (AvgIpc) is 3.09. The van der Waals surface area contributed by atoms with Crippen molar-refractivity contribution >= 4 is 11.9 Å². The highest BCUT2D eigenvalue weighted by Crippen LogP contribution is 2.48. The van der Waals surface area contributed by atoms with E-state index in [1.54, 1.807) is 0 Å². The summed E-state index contributed by atoms with van der Waals surface area (Å²) in [5, 5.41) is 0. The van der Waals surface area contributed by atoms with Gasteiger partial charge in [-0.3, -0.25) is 9.59 Å². The summed E-state index contributed by atoms with van der Waals surface area (Å²) < 4.78 is 9.66. The number of cyclic esters (lactones) is 2. The van der Waals surface area contributed by atoms with Gasteiger partial charge in [0.25, 0.3) is 0 Å². The molecular formula is C15H24O4. The van der Waals surface area contributed by atoms with Crippen molar-refractivity contribution in [1.82, 2.24) is 0 Å². The van der Waals surface area contributed by atoms with Gasteiger partial charge in [0, 0.05) is 12.3 Å². The summed E-state index contributed by atoms with van der Waals surface area (Å²) in [6, 6.07) is 0. The Hall–Kier alpha value is -1.06. The number of esters is 2. The summed E-state index contributed by atoms with van der Waals surface area (Å²) >= 11 is 0. The Morgan fingerprint density at radius 3 is 2.32 bits per heavy atom. The summed E-state index contributed by atoms with van der Waals surface area (Å²) in [4.78, 5) is 21.5. The predicted molar refractivity (Wildman–Crippen MR) is 70.3 cm³/mol. The molecule has 3 fully saturated rings. The molecule has 0 radical (unpaired) electrons. The second-order valence-corrected chi connectivity index (χ2v) is 5.72. The third kappa shape index (κ3) is 3.10. The van der Waals surface area contributed by atoms with Gasteiger partial charge in [-0.1, -0.05) is 26.7 Å². The molecule has 19 heavy (non-hydrogen) atoms. The van der Waals surface area contributed by atoms with Gasteiger partial charge >= 0.3 is 11.9 Å². The van der Waals surface area contributed by atoms with Crippen molar-refractivity contribution in [3.8, 4) is 0 Å². The van der Waals surface area contributed by atoms with Gasteiger partial charge in [0.1, 0.15) is 0 Å². The zero-order chi connectivity index (χ0) is 13.8. The Morgan fingerprint density at radius 2 is 1.84 bits per heavy atom. The van der Waals surface area contributed by atoms with E-state index < -0.39 is 0 Å². The highest BCUT2D eigenvalue weighted by molar-refractivity contribution is 5.75. The fraction of sp³-hybridized carbons (Fsp3) is 0.867. The minimum absolute atomic E-state index is 0.0463. The molecule has 0 aromatic rings. The second-order valence-electron chi connectivity index (χ2n) is 5.72. The standard InChI is InChI=1S/C11H18O2.C4H6O2/c1-3-7-5-8(4-2)10-9(7)6-13-11(10)12;5-4-2-1-3-6-4/h7-10H,3-6H2,1-2H3;1-3H2. The molecule has 0 amide bonds. The van der Waals surface area contributed by atoms with E-state index in [2.05, 4.69) is 18.6 Å². The zero-order valence-corrected chi connectivity index (χ0v) is 11.9. The van der Waals surface area contributed by atoms with E-state index in [1.165, 1.54) is 12.8 Å². The number of carbonyl (C=O) groups is 2. The molecule has 3 rings (SSSR count). The van der Waals surface area contributed by atoms with E-state index in [0.717, 1.165) is 18.8 Å². The lowest BCUT2D eigenvalue weighted by molar-refractivity contribution is -0.142. The molecule has 2 aliphatic heterocycles. The molecule has 4 unspecified atom stereocenters. The van der Waals surface area contributed by atoms with Gasteiger partial charge in [0.2, 0.25) is 0 Å². The fourth-order valence-electron chi connectivity index (χ4n) is 3.60. The molecule has 2 saturated heterocycles. The third-order valence-corrected chi connectivity index (χ3v) is 4.71. The van der Waals surface area contributed by atoms with Gasteiger partial charge in [-0.15, -0.1) is 0 Å². The van der Waals surface area contributed by atoms with E-state index in [4.69, 9.17) is 4.74 Å². The second kappa shape index (κ2) is 6.40. The summed E-state index contributed by atoms with van der Waals surface area (Å²) in [6.45, 7) is 5.74. The Bertz CT molecular complexity index is 331. The Balaban J connectivity index is 0.000000186. The van der Waals surface area contributed by atoms with Crippen LogP contribution in [0.2, 0.25) is 0 Å². The molecule has 108 valence electrons. The van der Waals surface area contributed by atoms with Crippen molar-refractivity contribution < 1.29 is 19.1 Å². The highest BCUT2D eigenvalue weighted by atomic mass is 16.5. The summed E-state index contributed by atoms with van der Waals surface area (Å²) in [6.07, 6.45) is 5.12. The van der Waals surface area contributed by atoms with Crippen LogP contribution in [0.5, 0.6) is 0 Å². The third-order valence-electron chi connectivity index (χ3n) is 4.71. The molecule has 0 spiro atoms. The SMILES string of the molecule is CCC1CC(CC)C2C(=O)OCC12.O=C1CCCO1. The van der Waals surface area contributed by atoms with Gasteiger partial charge in [-0.25, -0.2) is 0 Å². The quantitative estimate of drug-likeness (QED) is 0.722. The molecule has 0 N–H and O–H groups in total. The number of hydrogen-bond donors (Lipinski definition) is 0. The lowest BCUT2D eigenvalue weighted by atomic mass is 9.88. The van der Waals surface area contributed by atoms with E-state index in [1.807, 2.05) is 0 Å². The van der Waals surface area contributed by atoms with E-state index in [0.29, 0.717) is 31.5 Å². The minimum atomic E-state index is -0.0463. The maximum Gasteiger partial charge on any atom is 0.309 e. The molecule has 4 atom stereocenters. The molecule has 4 nitrogen and oxygen atoms in total. The van der Waals surface area contributed by atoms with Crippen LogP contribution >= 0.6 is 0 Å². The van der Waals surface area contributed by atoms with Crippen LogP contribution in [0, 0.1) is 23.7 Å². The number of carbonyl (C=O) groups excluding carboxylic acids is 2. The lowest BCUT2D eigenvalue weighted by Gasteiger charge is -2.12. The molecule has 0 bridgehead atoms.